The second kappa shape index (κ2) is 6.59. The number of hydrogen-bond acceptors (Lipinski definition) is 6. The Hall–Kier alpha value is -2.07. The van der Waals surface area contributed by atoms with E-state index in [1.807, 2.05) is 0 Å². The minimum atomic E-state index is -4.17. The van der Waals surface area contributed by atoms with Gasteiger partial charge in [0.1, 0.15) is 6.54 Å². The van der Waals surface area contributed by atoms with Crippen molar-refractivity contribution < 1.29 is 27.3 Å². The van der Waals surface area contributed by atoms with E-state index in [0.29, 0.717) is 12.1 Å². The van der Waals surface area contributed by atoms with E-state index in [2.05, 4.69) is 4.74 Å². The Morgan fingerprint density at radius 2 is 2.10 bits per heavy atom. The van der Waals surface area contributed by atoms with Gasteiger partial charge in [0, 0.05) is 12.6 Å². The predicted molar refractivity (Wildman–Crippen MR) is 69.5 cm³/mol. The summed E-state index contributed by atoms with van der Waals surface area (Å²) in [5.41, 5.74) is -0.954. The molecule has 0 saturated heterocycles. The molecule has 1 aromatic carbocycles. The predicted octanol–water partition coefficient (Wildman–Crippen LogP) is 0.918. The van der Waals surface area contributed by atoms with Gasteiger partial charge < -0.3 is 4.74 Å². The maximum Gasteiger partial charge on any atom is 0.321 e. The maximum absolute atomic E-state index is 13.2. The number of ether oxygens (including phenoxy) is 1. The zero-order chi connectivity index (χ0) is 16.2. The summed E-state index contributed by atoms with van der Waals surface area (Å²) in [7, 11) is -3.06. The molecule has 1 rings (SSSR count). The van der Waals surface area contributed by atoms with Gasteiger partial charge in [-0.05, 0) is 12.1 Å². The van der Waals surface area contributed by atoms with Gasteiger partial charge in [-0.1, -0.05) is 6.92 Å². The Bertz CT molecular complexity index is 661. The molecule has 0 aromatic heterocycles. The molecule has 0 N–H and O–H groups in total. The summed E-state index contributed by atoms with van der Waals surface area (Å²) < 4.78 is 42.9. The summed E-state index contributed by atoms with van der Waals surface area (Å²) in [6.45, 7) is 0.890. The fraction of sp³-hybridized carbons (Fsp3) is 0.364. The van der Waals surface area contributed by atoms with E-state index in [9.17, 15) is 27.7 Å². The van der Waals surface area contributed by atoms with Crippen LogP contribution in [0.5, 0.6) is 0 Å². The van der Waals surface area contributed by atoms with Crippen molar-refractivity contribution in [1.29, 1.82) is 0 Å². The van der Waals surface area contributed by atoms with Crippen LogP contribution in [0.4, 0.5) is 10.1 Å². The Kier molecular flexibility index (Phi) is 5.33. The number of halogens is 1. The van der Waals surface area contributed by atoms with E-state index in [1.165, 1.54) is 6.92 Å². The number of carbonyl (C=O) groups is 1. The minimum absolute atomic E-state index is 0.0530. The van der Waals surface area contributed by atoms with Crippen molar-refractivity contribution in [3.8, 4) is 0 Å². The van der Waals surface area contributed by atoms with Gasteiger partial charge in [-0.25, -0.2) is 8.42 Å². The van der Waals surface area contributed by atoms with Crippen LogP contribution in [0.1, 0.15) is 6.92 Å². The third kappa shape index (κ3) is 3.73. The second-order valence-corrected chi connectivity index (χ2v) is 5.82. The van der Waals surface area contributed by atoms with Gasteiger partial charge in [0.15, 0.2) is 0 Å². The molecule has 0 aliphatic rings. The molecule has 0 aliphatic heterocycles. The standard InChI is InChI=1S/C11H13FN2O6S/c1-3-13(7-11(15)20-2)21(18,19)8-4-5-9(12)10(6-8)14(16)17/h4-6H,3,7H2,1-2H3. The van der Waals surface area contributed by atoms with E-state index < -0.39 is 43.9 Å². The van der Waals surface area contributed by atoms with Crippen molar-refractivity contribution in [3.63, 3.8) is 0 Å². The van der Waals surface area contributed by atoms with Crippen molar-refractivity contribution >= 4 is 21.7 Å². The number of nitro benzene ring substituents is 1. The molecule has 1 aromatic rings. The minimum Gasteiger partial charge on any atom is -0.468 e. The zero-order valence-electron chi connectivity index (χ0n) is 11.3. The summed E-state index contributed by atoms with van der Waals surface area (Å²) in [4.78, 5) is 20.3. The smallest absolute Gasteiger partial charge is 0.321 e. The van der Waals surface area contributed by atoms with Gasteiger partial charge in [0.05, 0.1) is 16.9 Å². The van der Waals surface area contributed by atoms with Crippen LogP contribution in [0, 0.1) is 15.9 Å². The van der Waals surface area contributed by atoms with Gasteiger partial charge in [-0.2, -0.15) is 8.70 Å². The molecule has 0 unspecified atom stereocenters. The van der Waals surface area contributed by atoms with Crippen LogP contribution in [0.25, 0.3) is 0 Å². The second-order valence-electron chi connectivity index (χ2n) is 3.88. The lowest BCUT2D eigenvalue weighted by molar-refractivity contribution is -0.387. The Morgan fingerprint density at radius 1 is 1.48 bits per heavy atom. The van der Waals surface area contributed by atoms with Gasteiger partial charge in [-0.15, -0.1) is 0 Å². The molecule has 10 heteroatoms. The van der Waals surface area contributed by atoms with E-state index in [1.54, 1.807) is 0 Å². The first-order valence-electron chi connectivity index (χ1n) is 5.75. The van der Waals surface area contributed by atoms with Gasteiger partial charge in [0.2, 0.25) is 15.8 Å². The average Bonchev–Trinajstić information content (AvgIpc) is 2.43. The molecule has 8 nitrogen and oxygen atoms in total. The number of nitro groups is 1. The molecular weight excluding hydrogens is 307 g/mol. The summed E-state index contributed by atoms with van der Waals surface area (Å²) in [6.07, 6.45) is 0. The third-order valence-electron chi connectivity index (χ3n) is 2.64. The highest BCUT2D eigenvalue weighted by Crippen LogP contribution is 2.23. The Morgan fingerprint density at radius 3 is 2.57 bits per heavy atom. The lowest BCUT2D eigenvalue weighted by atomic mass is 10.3. The summed E-state index contributed by atoms with van der Waals surface area (Å²) in [6, 6.07) is 2.21. The number of nitrogens with zero attached hydrogens (tertiary/aromatic N) is 2. The quantitative estimate of drug-likeness (QED) is 0.438. The van der Waals surface area contributed by atoms with Gasteiger partial charge >= 0.3 is 11.7 Å². The number of benzene rings is 1. The topological polar surface area (TPSA) is 107 Å². The number of esters is 1. The molecule has 21 heavy (non-hydrogen) atoms. The molecule has 0 bridgehead atoms. The highest BCUT2D eigenvalue weighted by Gasteiger charge is 2.28. The number of hydrogen-bond donors (Lipinski definition) is 0. The molecule has 0 atom stereocenters. The van der Waals surface area contributed by atoms with E-state index in [-0.39, 0.29) is 6.54 Å². The van der Waals surface area contributed by atoms with Crippen LogP contribution in [-0.4, -0.2) is 43.8 Å². The summed E-state index contributed by atoms with van der Waals surface area (Å²) in [5.74, 6) is -1.92. The first-order chi connectivity index (χ1) is 9.73. The summed E-state index contributed by atoms with van der Waals surface area (Å²) >= 11 is 0. The van der Waals surface area contributed by atoms with Crippen LogP contribution in [0.15, 0.2) is 23.1 Å². The number of sulfonamides is 1. The molecule has 0 heterocycles. The van der Waals surface area contributed by atoms with Crippen LogP contribution in [0.2, 0.25) is 0 Å². The highest BCUT2D eigenvalue weighted by atomic mass is 32.2. The maximum atomic E-state index is 13.2. The number of carbonyl (C=O) groups excluding carboxylic acids is 1. The van der Waals surface area contributed by atoms with Crippen LogP contribution in [0.3, 0.4) is 0 Å². The highest BCUT2D eigenvalue weighted by molar-refractivity contribution is 7.89. The number of rotatable bonds is 6. The Balaban J connectivity index is 3.26. The van der Waals surface area contributed by atoms with E-state index >= 15 is 0 Å². The van der Waals surface area contributed by atoms with Gasteiger partial charge in [0.25, 0.3) is 0 Å². The third-order valence-corrected chi connectivity index (χ3v) is 4.55. The van der Waals surface area contributed by atoms with E-state index in [0.717, 1.165) is 17.5 Å². The summed E-state index contributed by atoms with van der Waals surface area (Å²) in [5, 5.41) is 10.6. The normalized spacial score (nSPS) is 11.4. The lowest BCUT2D eigenvalue weighted by Crippen LogP contribution is -2.36. The lowest BCUT2D eigenvalue weighted by Gasteiger charge is -2.19. The van der Waals surface area contributed by atoms with Crippen molar-refractivity contribution in [2.75, 3.05) is 20.2 Å². The molecule has 0 saturated carbocycles. The molecule has 116 valence electrons. The average molecular weight is 320 g/mol. The van der Waals surface area contributed by atoms with Crippen LogP contribution >= 0.6 is 0 Å². The first kappa shape index (κ1) is 17.0. The fourth-order valence-electron chi connectivity index (χ4n) is 1.52. The largest absolute Gasteiger partial charge is 0.468 e. The first-order valence-corrected chi connectivity index (χ1v) is 7.19. The molecule has 0 aliphatic carbocycles. The Labute approximate surface area is 120 Å². The van der Waals surface area contributed by atoms with Gasteiger partial charge in [-0.3, -0.25) is 14.9 Å². The van der Waals surface area contributed by atoms with Crippen molar-refractivity contribution in [3.05, 3.63) is 34.1 Å². The molecule has 0 fully saturated rings. The molecule has 0 amide bonds. The van der Waals surface area contributed by atoms with Crippen LogP contribution in [-0.2, 0) is 19.6 Å². The zero-order valence-corrected chi connectivity index (χ0v) is 12.1. The van der Waals surface area contributed by atoms with Crippen molar-refractivity contribution in [2.24, 2.45) is 0 Å². The number of likely N-dealkylation sites (N-methyl/N-ethyl adjacent to an activating group) is 1. The molecular formula is C11H13FN2O6S. The fourth-order valence-corrected chi connectivity index (χ4v) is 2.93. The number of methoxy groups -OCH3 is 1. The van der Waals surface area contributed by atoms with Crippen molar-refractivity contribution in [2.45, 2.75) is 11.8 Å². The monoisotopic (exact) mass is 320 g/mol. The van der Waals surface area contributed by atoms with Crippen molar-refractivity contribution in [1.82, 2.24) is 4.31 Å². The van der Waals surface area contributed by atoms with Crippen LogP contribution < -0.4 is 0 Å². The SMILES string of the molecule is CCN(CC(=O)OC)S(=O)(=O)c1ccc(F)c([N+](=O)[O-])c1. The molecule has 0 radical (unpaired) electrons. The van der Waals surface area contributed by atoms with E-state index in [4.69, 9.17) is 0 Å². The molecule has 0 spiro atoms.